The summed E-state index contributed by atoms with van der Waals surface area (Å²) >= 11 is 11.9. The number of halogens is 3. The molecule has 0 aliphatic heterocycles. The van der Waals surface area contributed by atoms with Crippen molar-refractivity contribution in [2.45, 2.75) is 6.61 Å². The van der Waals surface area contributed by atoms with Crippen molar-refractivity contribution < 1.29 is 14.2 Å². The molecule has 1 N–H and O–H groups in total. The highest BCUT2D eigenvalue weighted by atomic mass is 35.5. The number of hydrogen-bond donors (Lipinski definition) is 1. The maximum atomic E-state index is 13.7. The molecule has 5 heteroatoms. The second kappa shape index (κ2) is 7.33. The molecule has 0 heterocycles. The van der Waals surface area contributed by atoms with Crippen LogP contribution in [0.15, 0.2) is 36.4 Å². The Labute approximate surface area is 132 Å². The summed E-state index contributed by atoms with van der Waals surface area (Å²) in [6.45, 7) is -0.168. The lowest BCUT2D eigenvalue weighted by molar-refractivity contribution is 0.290. The minimum atomic E-state index is -0.498. The van der Waals surface area contributed by atoms with Crippen molar-refractivity contribution in [3.8, 4) is 17.6 Å². The van der Waals surface area contributed by atoms with Gasteiger partial charge in [0.25, 0.3) is 0 Å². The summed E-state index contributed by atoms with van der Waals surface area (Å²) in [5.74, 6) is 4.75. The lowest BCUT2D eigenvalue weighted by Gasteiger charge is -2.09. The number of hydrogen-bond acceptors (Lipinski definition) is 2. The fourth-order valence-electron chi connectivity index (χ4n) is 1.65. The first-order chi connectivity index (χ1) is 10.1. The zero-order valence-electron chi connectivity index (χ0n) is 10.9. The Kier molecular flexibility index (Phi) is 5.46. The minimum absolute atomic E-state index is 0.0655. The first kappa shape index (κ1) is 15.7. The van der Waals surface area contributed by atoms with Crippen molar-refractivity contribution in [2.75, 3.05) is 6.61 Å². The van der Waals surface area contributed by atoms with Crippen LogP contribution < -0.4 is 4.74 Å². The van der Waals surface area contributed by atoms with Gasteiger partial charge in [0.2, 0.25) is 0 Å². The van der Waals surface area contributed by atoms with Gasteiger partial charge in [0.1, 0.15) is 13.2 Å². The maximum Gasteiger partial charge on any atom is 0.165 e. The summed E-state index contributed by atoms with van der Waals surface area (Å²) in [5.41, 5.74) is 1.22. The minimum Gasteiger partial charge on any atom is -0.486 e. The molecule has 0 atom stereocenters. The van der Waals surface area contributed by atoms with E-state index in [9.17, 15) is 4.39 Å². The normalized spacial score (nSPS) is 9.90. The summed E-state index contributed by atoms with van der Waals surface area (Å²) < 4.78 is 19.1. The third-order valence-corrected chi connectivity index (χ3v) is 3.52. The van der Waals surface area contributed by atoms with Crippen LogP contribution in [0.5, 0.6) is 5.75 Å². The highest BCUT2D eigenvalue weighted by molar-refractivity contribution is 6.42. The van der Waals surface area contributed by atoms with Gasteiger partial charge in [-0.1, -0.05) is 47.2 Å². The van der Waals surface area contributed by atoms with E-state index in [4.69, 9.17) is 33.0 Å². The standard InChI is InChI=1S/C16H11Cl2FO2/c17-13-5-1-4-12(16(13)18)10-21-15-9-11(3-2-8-20)6-7-14(15)19/h1,4-7,9,20H,8,10H2. The van der Waals surface area contributed by atoms with E-state index in [-0.39, 0.29) is 19.0 Å². The molecule has 0 saturated carbocycles. The van der Waals surface area contributed by atoms with Crippen LogP contribution in [0.2, 0.25) is 10.0 Å². The van der Waals surface area contributed by atoms with Crippen LogP contribution in [-0.2, 0) is 6.61 Å². The molecule has 0 unspecified atom stereocenters. The van der Waals surface area contributed by atoms with Gasteiger partial charge in [-0.15, -0.1) is 0 Å². The van der Waals surface area contributed by atoms with Crippen molar-refractivity contribution in [1.29, 1.82) is 0 Å². The second-order valence-corrected chi connectivity index (χ2v) is 4.89. The molecule has 2 aromatic rings. The van der Waals surface area contributed by atoms with Crippen LogP contribution in [0.4, 0.5) is 4.39 Å². The van der Waals surface area contributed by atoms with Crippen molar-refractivity contribution in [3.05, 3.63) is 63.4 Å². The SMILES string of the molecule is OCC#Cc1ccc(F)c(OCc2cccc(Cl)c2Cl)c1. The molecule has 0 fully saturated rings. The maximum absolute atomic E-state index is 13.7. The molecule has 0 aliphatic carbocycles. The Morgan fingerprint density at radius 1 is 1.19 bits per heavy atom. The van der Waals surface area contributed by atoms with Crippen LogP contribution in [0.1, 0.15) is 11.1 Å². The molecule has 0 aromatic heterocycles. The van der Waals surface area contributed by atoms with Crippen LogP contribution in [0.25, 0.3) is 0 Å². The van der Waals surface area contributed by atoms with Crippen molar-refractivity contribution in [2.24, 2.45) is 0 Å². The number of ether oxygens (including phenoxy) is 1. The smallest absolute Gasteiger partial charge is 0.165 e. The predicted octanol–water partition coefficient (Wildman–Crippen LogP) is 4.06. The third kappa shape index (κ3) is 4.12. The van der Waals surface area contributed by atoms with E-state index in [1.54, 1.807) is 18.2 Å². The molecule has 2 rings (SSSR count). The first-order valence-electron chi connectivity index (χ1n) is 6.07. The topological polar surface area (TPSA) is 29.5 Å². The fourth-order valence-corrected chi connectivity index (χ4v) is 2.02. The average molecular weight is 325 g/mol. The average Bonchev–Trinajstić information content (AvgIpc) is 2.49. The number of aliphatic hydroxyl groups excluding tert-OH is 1. The molecule has 2 nitrogen and oxygen atoms in total. The van der Waals surface area contributed by atoms with Crippen LogP contribution in [0.3, 0.4) is 0 Å². The lowest BCUT2D eigenvalue weighted by atomic mass is 10.2. The summed E-state index contributed by atoms with van der Waals surface area (Å²) in [4.78, 5) is 0. The summed E-state index contributed by atoms with van der Waals surface area (Å²) in [6.07, 6.45) is 0. The highest BCUT2D eigenvalue weighted by Crippen LogP contribution is 2.27. The monoisotopic (exact) mass is 324 g/mol. The summed E-state index contributed by atoms with van der Waals surface area (Å²) in [6, 6.07) is 9.40. The van der Waals surface area contributed by atoms with Gasteiger partial charge in [-0.25, -0.2) is 4.39 Å². The van der Waals surface area contributed by atoms with E-state index in [0.29, 0.717) is 21.2 Å². The van der Waals surface area contributed by atoms with Gasteiger partial charge in [0, 0.05) is 11.1 Å². The lowest BCUT2D eigenvalue weighted by Crippen LogP contribution is -1.99. The second-order valence-electron chi connectivity index (χ2n) is 4.11. The molecular formula is C16H11Cl2FO2. The van der Waals surface area contributed by atoms with Crippen molar-refractivity contribution >= 4 is 23.2 Å². The van der Waals surface area contributed by atoms with Gasteiger partial charge >= 0.3 is 0 Å². The number of aliphatic hydroxyl groups is 1. The first-order valence-corrected chi connectivity index (χ1v) is 6.82. The summed E-state index contributed by atoms with van der Waals surface area (Å²) in [7, 11) is 0. The molecule has 0 aliphatic rings. The van der Waals surface area contributed by atoms with E-state index < -0.39 is 5.82 Å². The predicted molar refractivity (Wildman–Crippen MR) is 81.2 cm³/mol. The van der Waals surface area contributed by atoms with Gasteiger partial charge in [-0.2, -0.15) is 0 Å². The van der Waals surface area contributed by atoms with Gasteiger partial charge < -0.3 is 9.84 Å². The fraction of sp³-hybridized carbons (Fsp3) is 0.125. The van der Waals surface area contributed by atoms with Crippen LogP contribution >= 0.6 is 23.2 Å². The molecule has 0 radical (unpaired) electrons. The molecule has 0 amide bonds. The molecule has 21 heavy (non-hydrogen) atoms. The van der Waals surface area contributed by atoms with E-state index in [1.165, 1.54) is 18.2 Å². The van der Waals surface area contributed by atoms with Crippen LogP contribution in [0, 0.1) is 17.7 Å². The molecular weight excluding hydrogens is 314 g/mol. The molecule has 0 spiro atoms. The van der Waals surface area contributed by atoms with Gasteiger partial charge in [-0.05, 0) is 24.3 Å². The van der Waals surface area contributed by atoms with E-state index in [2.05, 4.69) is 11.8 Å². The molecule has 0 bridgehead atoms. The quantitative estimate of drug-likeness (QED) is 0.863. The Morgan fingerprint density at radius 3 is 2.76 bits per heavy atom. The Bertz CT molecular complexity index is 705. The third-order valence-electron chi connectivity index (χ3n) is 2.66. The molecule has 108 valence electrons. The Morgan fingerprint density at radius 2 is 2.00 bits per heavy atom. The zero-order chi connectivity index (χ0) is 15.2. The highest BCUT2D eigenvalue weighted by Gasteiger charge is 2.08. The zero-order valence-corrected chi connectivity index (χ0v) is 12.4. The van der Waals surface area contributed by atoms with Gasteiger partial charge in [0.15, 0.2) is 11.6 Å². The van der Waals surface area contributed by atoms with Gasteiger partial charge in [-0.3, -0.25) is 0 Å². The van der Waals surface area contributed by atoms with E-state index in [0.717, 1.165) is 0 Å². The molecule has 0 saturated heterocycles. The summed E-state index contributed by atoms with van der Waals surface area (Å²) in [5, 5.41) is 9.46. The number of rotatable bonds is 3. The molecule has 2 aromatic carbocycles. The van der Waals surface area contributed by atoms with Crippen LogP contribution in [-0.4, -0.2) is 11.7 Å². The Hall–Kier alpha value is -1.73. The van der Waals surface area contributed by atoms with Gasteiger partial charge in [0.05, 0.1) is 10.0 Å². The van der Waals surface area contributed by atoms with E-state index >= 15 is 0 Å². The van der Waals surface area contributed by atoms with Crippen molar-refractivity contribution in [1.82, 2.24) is 0 Å². The Balaban J connectivity index is 2.17. The number of benzene rings is 2. The van der Waals surface area contributed by atoms with Crippen molar-refractivity contribution in [3.63, 3.8) is 0 Å². The van der Waals surface area contributed by atoms with E-state index in [1.807, 2.05) is 0 Å². The largest absolute Gasteiger partial charge is 0.486 e.